The maximum absolute atomic E-state index is 12.5. The lowest BCUT2D eigenvalue weighted by Gasteiger charge is -2.20. The van der Waals surface area contributed by atoms with Crippen molar-refractivity contribution in [3.8, 4) is 11.8 Å². The second-order valence-electron chi connectivity index (χ2n) is 4.85. The quantitative estimate of drug-likeness (QED) is 0.578. The summed E-state index contributed by atoms with van der Waals surface area (Å²) in [7, 11) is -1.72. The number of pyridine rings is 1. The van der Waals surface area contributed by atoms with E-state index in [1.807, 2.05) is 5.59 Å². The number of ether oxygens (including phenoxy) is 2. The van der Waals surface area contributed by atoms with Crippen molar-refractivity contribution in [3.05, 3.63) is 30.5 Å². The number of sulfonamides is 1. The molecule has 28 heavy (non-hydrogen) atoms. The van der Waals surface area contributed by atoms with Crippen LogP contribution in [0.25, 0.3) is 0 Å². The summed E-state index contributed by atoms with van der Waals surface area (Å²) in [6.45, 7) is 1.06. The molecule has 0 bridgehead atoms. The summed E-state index contributed by atoms with van der Waals surface area (Å²) in [6, 6.07) is 4.14. The molecular formula is C14H16N6O7S. The third kappa shape index (κ3) is 5.24. The predicted octanol–water partition coefficient (Wildman–Crippen LogP) is -0.224. The van der Waals surface area contributed by atoms with Gasteiger partial charge in [0, 0.05) is 13.1 Å². The Hall–Kier alpha value is -3.52. The number of carbonyl (C=O) groups excluding carboxylic acids is 2. The van der Waals surface area contributed by atoms with Crippen molar-refractivity contribution in [2.75, 3.05) is 19.2 Å². The van der Waals surface area contributed by atoms with Crippen molar-refractivity contribution >= 4 is 28.0 Å². The van der Waals surface area contributed by atoms with Crippen LogP contribution in [0.3, 0.4) is 0 Å². The van der Waals surface area contributed by atoms with Gasteiger partial charge in [0.1, 0.15) is 0 Å². The fraction of sp³-hybridized carbons (Fsp3) is 0.214. The molecule has 2 amide bonds. The van der Waals surface area contributed by atoms with Crippen LogP contribution in [0.15, 0.2) is 35.5 Å². The van der Waals surface area contributed by atoms with Gasteiger partial charge in [-0.15, -0.1) is 0 Å². The molecule has 2 heterocycles. The molecule has 0 aliphatic heterocycles. The van der Waals surface area contributed by atoms with Gasteiger partial charge in [-0.3, -0.25) is 4.79 Å². The van der Waals surface area contributed by atoms with Crippen molar-refractivity contribution in [3.63, 3.8) is 0 Å². The minimum Gasteiger partial charge on any atom is -0.481 e. The molecule has 14 heteroatoms. The van der Waals surface area contributed by atoms with Gasteiger partial charge < -0.3 is 14.3 Å². The van der Waals surface area contributed by atoms with Gasteiger partial charge in [-0.2, -0.15) is 23.4 Å². The van der Waals surface area contributed by atoms with E-state index in [-0.39, 0.29) is 11.8 Å². The first-order valence-electron chi connectivity index (χ1n) is 7.45. The number of aromatic nitrogens is 3. The minimum absolute atomic E-state index is 0.00291. The highest BCUT2D eigenvalue weighted by Gasteiger charge is 2.27. The number of hydrogen-bond acceptors (Lipinski definition) is 11. The number of hydrogen-bond donors (Lipinski definition) is 2. The van der Waals surface area contributed by atoms with Crippen molar-refractivity contribution in [2.24, 2.45) is 0 Å². The zero-order valence-corrected chi connectivity index (χ0v) is 15.8. The molecule has 0 unspecified atom stereocenters. The van der Waals surface area contributed by atoms with Crippen molar-refractivity contribution in [1.82, 2.24) is 25.3 Å². The first-order valence-corrected chi connectivity index (χ1v) is 8.93. The Morgan fingerprint density at radius 3 is 2.25 bits per heavy atom. The monoisotopic (exact) mass is 412 g/mol. The predicted molar refractivity (Wildman–Crippen MR) is 92.5 cm³/mol. The van der Waals surface area contributed by atoms with E-state index in [0.29, 0.717) is 5.01 Å². The van der Waals surface area contributed by atoms with E-state index >= 15 is 0 Å². The van der Waals surface area contributed by atoms with E-state index in [9.17, 15) is 18.0 Å². The van der Waals surface area contributed by atoms with Gasteiger partial charge in [-0.1, -0.05) is 6.07 Å². The number of anilines is 1. The zero-order valence-electron chi connectivity index (χ0n) is 14.9. The van der Waals surface area contributed by atoms with Crippen LogP contribution in [0.5, 0.6) is 11.8 Å². The average Bonchev–Trinajstić information content (AvgIpc) is 2.67. The maximum Gasteiger partial charge on any atom is 0.355 e. The summed E-state index contributed by atoms with van der Waals surface area (Å²) in [5.74, 6) is -1.25. The molecule has 150 valence electrons. The van der Waals surface area contributed by atoms with Gasteiger partial charge in [-0.05, 0) is 17.7 Å². The molecule has 13 nitrogen and oxygen atoms in total. The number of nitrogens with zero attached hydrogens (tertiary/aromatic N) is 4. The third-order valence-corrected chi connectivity index (χ3v) is 4.14. The summed E-state index contributed by atoms with van der Waals surface area (Å²) < 4.78 is 36.3. The molecule has 0 aromatic carbocycles. The summed E-state index contributed by atoms with van der Waals surface area (Å²) in [5, 5.41) is 0.0346. The average molecular weight is 412 g/mol. The lowest BCUT2D eigenvalue weighted by Crippen LogP contribution is -2.51. The summed E-state index contributed by atoms with van der Waals surface area (Å²) in [4.78, 5) is 39.6. The van der Waals surface area contributed by atoms with Crippen LogP contribution in [0, 0.1) is 0 Å². The van der Waals surface area contributed by atoms with Gasteiger partial charge >= 0.3 is 12.0 Å². The summed E-state index contributed by atoms with van der Waals surface area (Å²) in [6.07, 6.45) is 1.24. The third-order valence-electron chi connectivity index (χ3n) is 2.90. The highest BCUT2D eigenvalue weighted by molar-refractivity contribution is 7.90. The number of carbonyl (C=O) groups is 2. The Kier molecular flexibility index (Phi) is 6.62. The largest absolute Gasteiger partial charge is 0.481 e. The summed E-state index contributed by atoms with van der Waals surface area (Å²) in [5.41, 5.74) is 1.96. The van der Waals surface area contributed by atoms with Crippen LogP contribution < -0.4 is 24.8 Å². The maximum atomic E-state index is 12.5. The first kappa shape index (κ1) is 20.8. The second-order valence-corrected chi connectivity index (χ2v) is 6.48. The summed E-state index contributed by atoms with van der Waals surface area (Å²) >= 11 is 0. The molecule has 0 saturated carbocycles. The molecule has 2 N–H and O–H groups in total. The minimum atomic E-state index is -4.33. The highest BCUT2D eigenvalue weighted by atomic mass is 32.2. The van der Waals surface area contributed by atoms with E-state index in [2.05, 4.69) is 19.8 Å². The van der Waals surface area contributed by atoms with E-state index in [1.165, 1.54) is 44.7 Å². The Labute approximate surface area is 159 Å². The van der Waals surface area contributed by atoms with E-state index in [0.717, 1.165) is 6.92 Å². The van der Waals surface area contributed by atoms with Crippen LogP contribution in [-0.2, 0) is 19.7 Å². The standard InChI is InChI=1S/C14H16N6O7S/c1-9(21)27-19-20(13-16-10(25-2)8-11(17-13)26-3)14(22)18-28(23,24)12-6-4-5-7-15-12/h4-8,19H,1-3H3,(H,18,22). The molecule has 2 aromatic heterocycles. The molecule has 0 fully saturated rings. The SMILES string of the molecule is COc1cc(OC)nc(N(NOC(C)=O)C(=O)NS(=O)(=O)c2ccccn2)n1. The zero-order chi connectivity index (χ0) is 20.7. The van der Waals surface area contributed by atoms with Crippen LogP contribution in [0.1, 0.15) is 6.92 Å². The Balaban J connectivity index is 2.37. The van der Waals surface area contributed by atoms with Gasteiger partial charge in [0.15, 0.2) is 5.03 Å². The smallest absolute Gasteiger partial charge is 0.355 e. The molecule has 0 radical (unpaired) electrons. The fourth-order valence-corrected chi connectivity index (χ4v) is 2.59. The number of rotatable bonds is 7. The van der Waals surface area contributed by atoms with E-state index < -0.39 is 33.0 Å². The lowest BCUT2D eigenvalue weighted by molar-refractivity contribution is -0.148. The molecule has 0 aliphatic rings. The number of nitrogens with one attached hydrogen (secondary N) is 2. The van der Waals surface area contributed by atoms with Gasteiger partial charge in [0.05, 0.1) is 20.3 Å². The lowest BCUT2D eigenvalue weighted by atomic mass is 10.5. The van der Waals surface area contributed by atoms with Gasteiger partial charge in [0.25, 0.3) is 16.0 Å². The van der Waals surface area contributed by atoms with Crippen LogP contribution in [0.4, 0.5) is 10.7 Å². The number of methoxy groups -OCH3 is 2. The molecule has 0 spiro atoms. The van der Waals surface area contributed by atoms with Crippen LogP contribution in [0.2, 0.25) is 0 Å². The normalized spacial score (nSPS) is 10.7. The second kappa shape index (κ2) is 8.92. The highest BCUT2D eigenvalue weighted by Crippen LogP contribution is 2.19. The van der Waals surface area contributed by atoms with Crippen molar-refractivity contribution < 1.29 is 32.3 Å². The van der Waals surface area contributed by atoms with Crippen LogP contribution in [-0.4, -0.2) is 49.6 Å². The van der Waals surface area contributed by atoms with Crippen molar-refractivity contribution in [2.45, 2.75) is 11.9 Å². The Morgan fingerprint density at radius 2 is 1.75 bits per heavy atom. The number of hydrazine groups is 1. The fourth-order valence-electron chi connectivity index (χ4n) is 1.70. The molecule has 2 aromatic rings. The molecule has 0 atom stereocenters. The topological polar surface area (TPSA) is 162 Å². The van der Waals surface area contributed by atoms with E-state index in [4.69, 9.17) is 9.47 Å². The molecule has 2 rings (SSSR count). The first-order chi connectivity index (χ1) is 13.3. The number of urea groups is 1. The molecule has 0 saturated heterocycles. The molecule has 0 aliphatic carbocycles. The van der Waals surface area contributed by atoms with Crippen LogP contribution >= 0.6 is 0 Å². The molecular weight excluding hydrogens is 396 g/mol. The van der Waals surface area contributed by atoms with Crippen molar-refractivity contribution in [1.29, 1.82) is 0 Å². The van der Waals surface area contributed by atoms with E-state index in [1.54, 1.807) is 4.72 Å². The number of amides is 2. The van der Waals surface area contributed by atoms with Gasteiger partial charge in [0.2, 0.25) is 11.8 Å². The Bertz CT molecular complexity index is 932. The Morgan fingerprint density at radius 1 is 1.11 bits per heavy atom. The van der Waals surface area contributed by atoms with Gasteiger partial charge in [-0.25, -0.2) is 14.5 Å².